The Morgan fingerprint density at radius 3 is 2.45 bits per heavy atom. The van der Waals surface area contributed by atoms with Crippen molar-refractivity contribution in [1.29, 1.82) is 0 Å². The average molecular weight is 455 g/mol. The highest BCUT2D eigenvalue weighted by Gasteiger charge is 2.24. The molecule has 2 aliphatic rings. The number of benzene rings is 1. The highest BCUT2D eigenvalue weighted by atomic mass is 19.1. The minimum Gasteiger partial charge on any atom is -0.386 e. The second-order valence-corrected chi connectivity index (χ2v) is 8.92. The van der Waals surface area contributed by atoms with E-state index in [4.69, 9.17) is 4.99 Å². The maximum atomic E-state index is 15.0. The van der Waals surface area contributed by atoms with Gasteiger partial charge in [-0.1, -0.05) is 19.6 Å². The van der Waals surface area contributed by atoms with Gasteiger partial charge in [0.1, 0.15) is 11.6 Å². The molecule has 0 saturated heterocycles. The number of nitrogens with zero attached hydrogens (tertiary/aromatic N) is 2. The zero-order valence-electron chi connectivity index (χ0n) is 20.4. The maximum Gasteiger partial charge on any atom is 0.157 e. The van der Waals surface area contributed by atoms with Gasteiger partial charge in [0.25, 0.3) is 0 Å². The fourth-order valence-electron chi connectivity index (χ4n) is 4.64. The van der Waals surface area contributed by atoms with Gasteiger partial charge in [-0.25, -0.2) is 13.8 Å². The van der Waals surface area contributed by atoms with E-state index in [1.807, 2.05) is 26.0 Å². The lowest BCUT2D eigenvalue weighted by Crippen LogP contribution is -2.38. The Hall–Kier alpha value is -2.73. The number of halogens is 2. The molecular weight excluding hydrogens is 418 g/mol. The molecule has 0 radical (unpaired) electrons. The van der Waals surface area contributed by atoms with Crippen LogP contribution in [-0.4, -0.2) is 43.8 Å². The fraction of sp³-hybridized carbons (Fsp3) is 0.444. The predicted octanol–water partition coefficient (Wildman–Crippen LogP) is 6.06. The Morgan fingerprint density at radius 1 is 1.18 bits per heavy atom. The smallest absolute Gasteiger partial charge is 0.157 e. The number of anilines is 1. The third-order valence-corrected chi connectivity index (χ3v) is 6.60. The SMILES string of the molecule is C=C(/N=C1/C(CC)=CC(c2c(F)ccc(NC)c2F)=C/C1=C/C)NC1CCC(N(C)C)CC1. The summed E-state index contributed by atoms with van der Waals surface area (Å²) in [6.07, 6.45) is 10.7. The molecule has 2 N–H and O–H groups in total. The highest BCUT2D eigenvalue weighted by molar-refractivity contribution is 6.18. The van der Waals surface area contributed by atoms with E-state index >= 15 is 0 Å². The van der Waals surface area contributed by atoms with Crippen molar-refractivity contribution in [3.63, 3.8) is 0 Å². The van der Waals surface area contributed by atoms with E-state index in [1.54, 1.807) is 13.1 Å². The molecule has 0 heterocycles. The molecule has 0 aromatic heterocycles. The normalized spacial score (nSPS) is 23.5. The standard InChI is InChI=1S/C27H36F2N4/c1-7-18-15-20(25-23(28)13-14-24(30-4)26(25)29)16-19(8-2)27(18)32-17(3)31-21-9-11-22(12-10-21)33(5)6/h7,13-16,21-22,30-31H,3,8-12H2,1-2,4-6H3/b18-7-,32-27+. The molecule has 0 aliphatic heterocycles. The molecule has 1 aromatic carbocycles. The lowest BCUT2D eigenvalue weighted by Gasteiger charge is -2.33. The second-order valence-electron chi connectivity index (χ2n) is 8.92. The van der Waals surface area contributed by atoms with E-state index in [0.29, 0.717) is 29.9 Å². The molecule has 0 bridgehead atoms. The van der Waals surface area contributed by atoms with Gasteiger partial charge >= 0.3 is 0 Å². The Balaban J connectivity index is 1.85. The summed E-state index contributed by atoms with van der Waals surface area (Å²) in [4.78, 5) is 7.11. The molecule has 0 unspecified atom stereocenters. The van der Waals surface area contributed by atoms with Crippen LogP contribution in [0.5, 0.6) is 0 Å². The summed E-state index contributed by atoms with van der Waals surface area (Å²) in [5.41, 5.74) is 3.30. The van der Waals surface area contributed by atoms with Crippen LogP contribution >= 0.6 is 0 Å². The largest absolute Gasteiger partial charge is 0.386 e. The monoisotopic (exact) mass is 454 g/mol. The van der Waals surface area contributed by atoms with Gasteiger partial charge in [0, 0.05) is 19.1 Å². The number of hydrogen-bond acceptors (Lipinski definition) is 4. The Bertz CT molecular complexity index is 1010. The molecule has 1 aromatic rings. The van der Waals surface area contributed by atoms with Gasteiger partial charge in [-0.15, -0.1) is 0 Å². The number of aliphatic imine (C=N–C) groups is 1. The second kappa shape index (κ2) is 10.9. The topological polar surface area (TPSA) is 39.7 Å². The van der Waals surface area contributed by atoms with E-state index in [2.05, 4.69) is 36.2 Å². The van der Waals surface area contributed by atoms with Crippen LogP contribution in [0.2, 0.25) is 0 Å². The van der Waals surface area contributed by atoms with Crippen LogP contribution < -0.4 is 10.6 Å². The van der Waals surface area contributed by atoms with E-state index < -0.39 is 11.6 Å². The summed E-state index contributed by atoms with van der Waals surface area (Å²) in [5.74, 6) is -0.547. The predicted molar refractivity (Wildman–Crippen MR) is 135 cm³/mol. The molecular formula is C27H36F2N4. The average Bonchev–Trinajstić information content (AvgIpc) is 2.80. The molecule has 6 heteroatoms. The number of allylic oxidation sites excluding steroid dienone is 6. The lowest BCUT2D eigenvalue weighted by molar-refractivity contribution is 0.208. The van der Waals surface area contributed by atoms with Gasteiger partial charge in [-0.05, 0) is 94.1 Å². The minimum atomic E-state index is -0.592. The van der Waals surface area contributed by atoms with Gasteiger partial charge in [-0.3, -0.25) is 0 Å². The molecule has 3 rings (SSSR count). The van der Waals surface area contributed by atoms with Crippen molar-refractivity contribution in [2.24, 2.45) is 4.99 Å². The highest BCUT2D eigenvalue weighted by Crippen LogP contribution is 2.34. The van der Waals surface area contributed by atoms with Crippen LogP contribution in [0, 0.1) is 11.6 Å². The number of nitrogens with one attached hydrogen (secondary N) is 2. The third kappa shape index (κ3) is 5.61. The quantitative estimate of drug-likeness (QED) is 0.526. The van der Waals surface area contributed by atoms with Crippen molar-refractivity contribution < 1.29 is 8.78 Å². The first-order valence-corrected chi connectivity index (χ1v) is 11.7. The third-order valence-electron chi connectivity index (χ3n) is 6.60. The molecule has 33 heavy (non-hydrogen) atoms. The molecule has 0 atom stereocenters. The summed E-state index contributed by atoms with van der Waals surface area (Å²) in [5, 5.41) is 6.27. The summed E-state index contributed by atoms with van der Waals surface area (Å²) in [6.45, 7) is 8.08. The first-order chi connectivity index (χ1) is 15.8. The van der Waals surface area contributed by atoms with E-state index in [1.165, 1.54) is 12.1 Å². The van der Waals surface area contributed by atoms with Crippen LogP contribution in [0.1, 0.15) is 51.5 Å². The van der Waals surface area contributed by atoms with Gasteiger partial charge in [0.15, 0.2) is 5.82 Å². The summed E-state index contributed by atoms with van der Waals surface area (Å²) >= 11 is 0. The van der Waals surface area contributed by atoms with Crippen LogP contribution in [0.15, 0.2) is 58.9 Å². The van der Waals surface area contributed by atoms with E-state index in [-0.39, 0.29) is 11.3 Å². The molecule has 1 fully saturated rings. The zero-order chi connectivity index (χ0) is 24.1. The van der Waals surface area contributed by atoms with Crippen LogP contribution in [0.3, 0.4) is 0 Å². The van der Waals surface area contributed by atoms with Gasteiger partial charge in [-0.2, -0.15) is 0 Å². The van der Waals surface area contributed by atoms with Crippen molar-refractivity contribution in [2.75, 3.05) is 26.5 Å². The Morgan fingerprint density at radius 2 is 1.88 bits per heavy atom. The molecule has 1 saturated carbocycles. The number of hydrogen-bond donors (Lipinski definition) is 2. The van der Waals surface area contributed by atoms with E-state index in [0.717, 1.165) is 42.5 Å². The van der Waals surface area contributed by atoms with Gasteiger partial charge < -0.3 is 15.5 Å². The Labute approximate surface area is 196 Å². The van der Waals surface area contributed by atoms with Gasteiger partial charge in [0.2, 0.25) is 0 Å². The fourth-order valence-corrected chi connectivity index (χ4v) is 4.64. The lowest BCUT2D eigenvalue weighted by atomic mass is 9.87. The van der Waals surface area contributed by atoms with Crippen molar-refractivity contribution in [1.82, 2.24) is 10.2 Å². The molecule has 178 valence electrons. The van der Waals surface area contributed by atoms with Gasteiger partial charge in [0.05, 0.1) is 17.0 Å². The molecule has 0 spiro atoms. The minimum absolute atomic E-state index is 0.0270. The summed E-state index contributed by atoms with van der Waals surface area (Å²) < 4.78 is 29.6. The van der Waals surface area contributed by atoms with Crippen LogP contribution in [0.4, 0.5) is 14.5 Å². The number of rotatable bonds is 7. The first kappa shape index (κ1) is 24.9. The van der Waals surface area contributed by atoms with Crippen molar-refractivity contribution >= 4 is 17.0 Å². The van der Waals surface area contributed by atoms with Crippen LogP contribution in [-0.2, 0) is 0 Å². The molecule has 0 amide bonds. The first-order valence-electron chi connectivity index (χ1n) is 11.7. The Kier molecular flexibility index (Phi) is 8.25. The zero-order valence-corrected chi connectivity index (χ0v) is 20.4. The van der Waals surface area contributed by atoms with E-state index in [9.17, 15) is 8.78 Å². The summed E-state index contributed by atoms with van der Waals surface area (Å²) in [6, 6.07) is 3.70. The van der Waals surface area contributed by atoms with Crippen LogP contribution in [0.25, 0.3) is 5.57 Å². The maximum absolute atomic E-state index is 15.0. The molecule has 2 aliphatic carbocycles. The van der Waals surface area contributed by atoms with Crippen molar-refractivity contribution in [3.8, 4) is 0 Å². The summed E-state index contributed by atoms with van der Waals surface area (Å²) in [7, 11) is 5.90. The van der Waals surface area contributed by atoms with Crippen molar-refractivity contribution in [2.45, 2.75) is 58.0 Å². The van der Waals surface area contributed by atoms with Crippen molar-refractivity contribution in [3.05, 3.63) is 71.1 Å². The molecule has 4 nitrogen and oxygen atoms in total.